The molecule has 124 valence electrons. The molecular formula is C13H27N3O4S. The van der Waals surface area contributed by atoms with Gasteiger partial charge >= 0.3 is 6.03 Å². The summed E-state index contributed by atoms with van der Waals surface area (Å²) in [4.78, 5) is 13.7. The van der Waals surface area contributed by atoms with E-state index >= 15 is 0 Å². The van der Waals surface area contributed by atoms with Crippen LogP contribution in [-0.4, -0.2) is 64.0 Å². The van der Waals surface area contributed by atoms with Gasteiger partial charge < -0.3 is 15.0 Å². The van der Waals surface area contributed by atoms with Crippen LogP contribution in [0.15, 0.2) is 0 Å². The van der Waals surface area contributed by atoms with E-state index in [9.17, 15) is 13.2 Å². The zero-order valence-corrected chi connectivity index (χ0v) is 13.9. The first-order chi connectivity index (χ1) is 9.78. The molecule has 0 unspecified atom stereocenters. The summed E-state index contributed by atoms with van der Waals surface area (Å²) >= 11 is 0. The van der Waals surface area contributed by atoms with Gasteiger partial charge in [-0.3, -0.25) is 0 Å². The molecule has 7 nitrogen and oxygen atoms in total. The van der Waals surface area contributed by atoms with E-state index in [2.05, 4.69) is 10.0 Å². The molecule has 1 aliphatic heterocycles. The van der Waals surface area contributed by atoms with E-state index in [0.717, 1.165) is 25.5 Å². The Labute approximate surface area is 127 Å². The highest BCUT2D eigenvalue weighted by Gasteiger charge is 2.25. The van der Waals surface area contributed by atoms with Crippen molar-refractivity contribution in [2.45, 2.75) is 45.3 Å². The van der Waals surface area contributed by atoms with Crippen LogP contribution in [0.3, 0.4) is 0 Å². The van der Waals surface area contributed by atoms with Gasteiger partial charge in [0.25, 0.3) is 0 Å². The van der Waals surface area contributed by atoms with Crippen LogP contribution in [0, 0.1) is 0 Å². The molecule has 1 rings (SSSR count). The molecule has 1 aliphatic rings. The van der Waals surface area contributed by atoms with Crippen LogP contribution in [-0.2, 0) is 14.8 Å². The summed E-state index contributed by atoms with van der Waals surface area (Å²) in [6.07, 6.45) is 3.67. The summed E-state index contributed by atoms with van der Waals surface area (Å²) in [5.74, 6) is 0. The van der Waals surface area contributed by atoms with Crippen molar-refractivity contribution in [1.29, 1.82) is 0 Å². The Morgan fingerprint density at radius 2 is 2.14 bits per heavy atom. The van der Waals surface area contributed by atoms with Crippen molar-refractivity contribution < 1.29 is 17.9 Å². The van der Waals surface area contributed by atoms with Crippen molar-refractivity contribution in [3.8, 4) is 0 Å². The lowest BCUT2D eigenvalue weighted by atomic mass is 10.1. The first-order valence-corrected chi connectivity index (χ1v) is 9.29. The lowest BCUT2D eigenvalue weighted by Gasteiger charge is -2.32. The van der Waals surface area contributed by atoms with Gasteiger partial charge in [-0.25, -0.2) is 17.9 Å². The van der Waals surface area contributed by atoms with E-state index in [-0.39, 0.29) is 18.2 Å². The average molecular weight is 321 g/mol. The molecule has 0 saturated carbocycles. The van der Waals surface area contributed by atoms with Gasteiger partial charge in [-0.05, 0) is 33.1 Å². The van der Waals surface area contributed by atoms with Crippen molar-refractivity contribution in [3.05, 3.63) is 0 Å². The SMILES string of the molecule is CC(C)OCCCNC(=O)N1CCC[C@H](NS(C)(=O)=O)C1. The van der Waals surface area contributed by atoms with Gasteiger partial charge in [0.1, 0.15) is 0 Å². The first-order valence-electron chi connectivity index (χ1n) is 7.39. The summed E-state index contributed by atoms with van der Waals surface area (Å²) in [5, 5.41) is 2.84. The number of carbonyl (C=O) groups is 1. The zero-order valence-electron chi connectivity index (χ0n) is 13.1. The third-order valence-corrected chi connectivity index (χ3v) is 3.90. The number of urea groups is 1. The summed E-state index contributed by atoms with van der Waals surface area (Å²) < 4.78 is 30.4. The maximum Gasteiger partial charge on any atom is 0.317 e. The van der Waals surface area contributed by atoms with Crippen molar-refractivity contribution in [1.82, 2.24) is 14.9 Å². The van der Waals surface area contributed by atoms with E-state index < -0.39 is 10.0 Å². The van der Waals surface area contributed by atoms with E-state index in [4.69, 9.17) is 4.74 Å². The Kier molecular flexibility index (Phi) is 7.41. The van der Waals surface area contributed by atoms with Crippen LogP contribution in [0.4, 0.5) is 4.79 Å². The monoisotopic (exact) mass is 321 g/mol. The van der Waals surface area contributed by atoms with Gasteiger partial charge in [-0.15, -0.1) is 0 Å². The number of ether oxygens (including phenoxy) is 1. The van der Waals surface area contributed by atoms with Crippen molar-refractivity contribution >= 4 is 16.1 Å². The highest BCUT2D eigenvalue weighted by Crippen LogP contribution is 2.10. The molecule has 2 amide bonds. The number of nitrogens with zero attached hydrogens (tertiary/aromatic N) is 1. The van der Waals surface area contributed by atoms with Crippen molar-refractivity contribution in [2.75, 3.05) is 32.5 Å². The van der Waals surface area contributed by atoms with Gasteiger partial charge in [-0.2, -0.15) is 0 Å². The molecular weight excluding hydrogens is 294 g/mol. The maximum absolute atomic E-state index is 12.0. The Morgan fingerprint density at radius 3 is 2.76 bits per heavy atom. The predicted molar refractivity (Wildman–Crippen MR) is 81.7 cm³/mol. The Hall–Kier alpha value is -0.860. The Balaban J connectivity index is 2.27. The number of likely N-dealkylation sites (tertiary alicyclic amines) is 1. The zero-order chi connectivity index (χ0) is 15.9. The molecule has 0 bridgehead atoms. The molecule has 1 heterocycles. The summed E-state index contributed by atoms with van der Waals surface area (Å²) in [6, 6.07) is -0.330. The molecule has 8 heteroatoms. The largest absolute Gasteiger partial charge is 0.379 e. The lowest BCUT2D eigenvalue weighted by molar-refractivity contribution is 0.0770. The third-order valence-electron chi connectivity index (χ3n) is 3.14. The normalized spacial score (nSPS) is 19.8. The van der Waals surface area contributed by atoms with Crippen LogP contribution in [0.2, 0.25) is 0 Å². The quantitative estimate of drug-likeness (QED) is 0.669. The first kappa shape index (κ1) is 18.2. The van der Waals surface area contributed by atoms with Crippen LogP contribution in [0.25, 0.3) is 0 Å². The number of rotatable bonds is 7. The second-order valence-corrected chi connectivity index (χ2v) is 7.46. The van der Waals surface area contributed by atoms with Crippen LogP contribution < -0.4 is 10.0 Å². The van der Waals surface area contributed by atoms with E-state index in [1.54, 1.807) is 4.90 Å². The molecule has 1 atom stereocenters. The minimum Gasteiger partial charge on any atom is -0.379 e. The van der Waals surface area contributed by atoms with Gasteiger partial charge in [0.05, 0.1) is 12.4 Å². The van der Waals surface area contributed by atoms with E-state index in [1.807, 2.05) is 13.8 Å². The second-order valence-electron chi connectivity index (χ2n) is 5.68. The Bertz CT molecular complexity index is 425. The summed E-state index contributed by atoms with van der Waals surface area (Å²) in [5.41, 5.74) is 0. The van der Waals surface area contributed by atoms with E-state index in [0.29, 0.717) is 26.2 Å². The fraction of sp³-hybridized carbons (Fsp3) is 0.923. The number of piperidine rings is 1. The van der Waals surface area contributed by atoms with Gasteiger partial charge in [0.2, 0.25) is 10.0 Å². The highest BCUT2D eigenvalue weighted by molar-refractivity contribution is 7.88. The molecule has 0 aromatic carbocycles. The smallest absolute Gasteiger partial charge is 0.317 e. The molecule has 1 saturated heterocycles. The Morgan fingerprint density at radius 1 is 1.43 bits per heavy atom. The number of sulfonamides is 1. The standard InChI is InChI=1S/C13H27N3O4S/c1-11(2)20-9-5-7-14-13(17)16-8-4-6-12(10-16)15-21(3,18)19/h11-12,15H,4-10H2,1-3H3,(H,14,17)/t12-/m0/s1. The van der Waals surface area contributed by atoms with E-state index in [1.165, 1.54) is 0 Å². The van der Waals surface area contributed by atoms with Crippen molar-refractivity contribution in [2.24, 2.45) is 0 Å². The van der Waals surface area contributed by atoms with Crippen LogP contribution in [0.1, 0.15) is 33.1 Å². The molecule has 0 aromatic heterocycles. The molecule has 1 fully saturated rings. The maximum atomic E-state index is 12.0. The molecule has 0 aliphatic carbocycles. The number of hydrogen-bond donors (Lipinski definition) is 2. The number of amides is 2. The molecule has 21 heavy (non-hydrogen) atoms. The fourth-order valence-corrected chi connectivity index (χ4v) is 3.06. The van der Waals surface area contributed by atoms with Gasteiger partial charge in [0.15, 0.2) is 0 Å². The van der Waals surface area contributed by atoms with Crippen LogP contribution >= 0.6 is 0 Å². The number of carbonyl (C=O) groups excluding carboxylic acids is 1. The predicted octanol–water partition coefficient (Wildman–Crippen LogP) is 0.525. The minimum atomic E-state index is -3.23. The van der Waals surface area contributed by atoms with Gasteiger partial charge in [0, 0.05) is 32.3 Å². The highest BCUT2D eigenvalue weighted by atomic mass is 32.2. The van der Waals surface area contributed by atoms with Crippen LogP contribution in [0.5, 0.6) is 0 Å². The minimum absolute atomic E-state index is 0.139. The van der Waals surface area contributed by atoms with Gasteiger partial charge in [-0.1, -0.05) is 0 Å². The molecule has 0 spiro atoms. The molecule has 0 aromatic rings. The average Bonchev–Trinajstić information content (AvgIpc) is 2.36. The molecule has 2 N–H and O–H groups in total. The second kappa shape index (κ2) is 8.55. The third kappa shape index (κ3) is 8.23. The number of nitrogens with one attached hydrogen (secondary N) is 2. The fourth-order valence-electron chi connectivity index (χ4n) is 2.26. The summed E-state index contributed by atoms with van der Waals surface area (Å²) in [7, 11) is -3.23. The number of hydrogen-bond acceptors (Lipinski definition) is 4. The molecule has 0 radical (unpaired) electrons. The summed E-state index contributed by atoms with van der Waals surface area (Å²) in [6.45, 7) is 6.21. The van der Waals surface area contributed by atoms with Crippen molar-refractivity contribution in [3.63, 3.8) is 0 Å². The lowest BCUT2D eigenvalue weighted by Crippen LogP contribution is -2.52. The topological polar surface area (TPSA) is 87.7 Å².